The molecule has 0 aromatic heterocycles. The highest BCUT2D eigenvalue weighted by atomic mass is 16.5. The van der Waals surface area contributed by atoms with Crippen LogP contribution in [-0.4, -0.2) is 113 Å². The second kappa shape index (κ2) is 19.6. The number of allylic oxidation sites excluding steroid dienone is 3. The number of carbonyl (C=O) groups is 3. The molecule has 10 nitrogen and oxygen atoms in total. The van der Waals surface area contributed by atoms with Crippen LogP contribution in [0.25, 0.3) is 0 Å². The van der Waals surface area contributed by atoms with Gasteiger partial charge in [-0.15, -0.1) is 0 Å². The van der Waals surface area contributed by atoms with Gasteiger partial charge in [-0.3, -0.25) is 14.4 Å². The minimum absolute atomic E-state index is 0.00843. The van der Waals surface area contributed by atoms with Gasteiger partial charge >= 0.3 is 0 Å². The molecule has 0 bridgehead atoms. The van der Waals surface area contributed by atoms with Crippen LogP contribution in [0.2, 0.25) is 0 Å². The number of carbonyl (C=O) groups excluding carboxylic acids is 3. The van der Waals surface area contributed by atoms with Gasteiger partial charge in [-0.2, -0.15) is 0 Å². The Labute approximate surface area is 254 Å². The van der Waals surface area contributed by atoms with Crippen molar-refractivity contribution < 1.29 is 23.9 Å². The molecule has 7 unspecified atom stereocenters. The maximum Gasteiger partial charge on any atom is 0.242 e. The molecule has 3 N–H and O–H groups in total. The van der Waals surface area contributed by atoms with E-state index in [9.17, 15) is 14.4 Å². The predicted molar refractivity (Wildman–Crippen MR) is 169 cm³/mol. The summed E-state index contributed by atoms with van der Waals surface area (Å²) in [6.07, 6.45) is 7.31. The van der Waals surface area contributed by atoms with Gasteiger partial charge in [0.05, 0.1) is 30.6 Å². The maximum atomic E-state index is 13.6. The lowest BCUT2D eigenvalue weighted by Crippen LogP contribution is -2.54. The lowest BCUT2D eigenvalue weighted by atomic mass is 9.91. The molecule has 0 spiro atoms. The van der Waals surface area contributed by atoms with E-state index < -0.39 is 18.1 Å². The number of hydrogen-bond acceptors (Lipinski definition) is 7. The molecule has 0 saturated carbocycles. The fourth-order valence-electron chi connectivity index (χ4n) is 5.67. The van der Waals surface area contributed by atoms with Crippen LogP contribution in [0.5, 0.6) is 0 Å². The number of hydrogen-bond donors (Lipinski definition) is 3. The molecule has 1 rings (SSSR count). The number of nitrogens with zero attached hydrogens (tertiary/aromatic N) is 2. The van der Waals surface area contributed by atoms with E-state index in [1.54, 1.807) is 39.4 Å². The van der Waals surface area contributed by atoms with Gasteiger partial charge in [0.15, 0.2) is 0 Å². The van der Waals surface area contributed by atoms with Crippen LogP contribution in [0.1, 0.15) is 52.9 Å². The van der Waals surface area contributed by atoms with Gasteiger partial charge in [0.25, 0.3) is 0 Å². The zero-order valence-electron chi connectivity index (χ0n) is 27.3. The molecular weight excluding hydrogens is 534 g/mol. The smallest absolute Gasteiger partial charge is 0.242 e. The quantitative estimate of drug-likeness (QED) is 0.187. The topological polar surface area (TPSA) is 112 Å². The molecule has 1 fully saturated rings. The number of rotatable bonds is 20. The summed E-state index contributed by atoms with van der Waals surface area (Å²) < 4.78 is 11.6. The van der Waals surface area contributed by atoms with Crippen molar-refractivity contribution >= 4 is 17.7 Å². The molecule has 1 aliphatic heterocycles. The van der Waals surface area contributed by atoms with E-state index in [-0.39, 0.29) is 48.8 Å². The Bertz CT molecular complexity index is 908. The largest absolute Gasteiger partial charge is 0.379 e. The van der Waals surface area contributed by atoms with Crippen molar-refractivity contribution in [3.63, 3.8) is 0 Å². The maximum absolute atomic E-state index is 13.6. The average molecular weight is 592 g/mol. The highest BCUT2D eigenvalue weighted by Gasteiger charge is 2.41. The molecule has 1 saturated heterocycles. The summed E-state index contributed by atoms with van der Waals surface area (Å²) in [6, 6.07) is -1.01. The average Bonchev–Trinajstić information content (AvgIpc) is 3.45. The van der Waals surface area contributed by atoms with Crippen LogP contribution < -0.4 is 16.0 Å². The molecule has 0 aromatic carbocycles. The summed E-state index contributed by atoms with van der Waals surface area (Å²) in [5, 5.41) is 9.18. The molecule has 0 aliphatic carbocycles. The minimum Gasteiger partial charge on any atom is -0.379 e. The Morgan fingerprint density at radius 1 is 1.10 bits per heavy atom. The van der Waals surface area contributed by atoms with E-state index in [0.29, 0.717) is 25.6 Å². The number of methoxy groups -OCH3 is 2. The van der Waals surface area contributed by atoms with E-state index in [1.165, 1.54) is 0 Å². The van der Waals surface area contributed by atoms with Gasteiger partial charge in [0.2, 0.25) is 17.7 Å². The number of nitrogens with one attached hydrogen (secondary N) is 3. The third-order valence-electron chi connectivity index (χ3n) is 8.37. The molecule has 0 aromatic rings. The van der Waals surface area contributed by atoms with Crippen LogP contribution in [-0.2, 0) is 23.9 Å². The lowest BCUT2D eigenvalue weighted by Gasteiger charge is -2.36. The van der Waals surface area contributed by atoms with Crippen molar-refractivity contribution in [1.29, 1.82) is 0 Å². The molecule has 240 valence electrons. The van der Waals surface area contributed by atoms with Crippen LogP contribution in [0, 0.1) is 11.8 Å². The molecular formula is C32H57N5O5. The zero-order valence-corrected chi connectivity index (χ0v) is 27.3. The van der Waals surface area contributed by atoms with E-state index in [4.69, 9.17) is 9.47 Å². The van der Waals surface area contributed by atoms with Crippen molar-refractivity contribution in [3.05, 3.63) is 37.0 Å². The molecule has 10 heteroatoms. The van der Waals surface area contributed by atoms with Gasteiger partial charge in [0.1, 0.15) is 6.04 Å². The van der Waals surface area contributed by atoms with Crippen molar-refractivity contribution in [3.8, 4) is 0 Å². The molecule has 3 amide bonds. The SMILES string of the molecule is C=C/C=C(\C=C)CC(NC(=O)C(C)C(OC)C1CCCN1C(=O)CC(OC)C(NC)C(C)CC)C(=O)NCCN(C)C. The molecule has 1 heterocycles. The normalized spacial score (nSPS) is 19.9. The van der Waals surface area contributed by atoms with E-state index >= 15 is 0 Å². The molecule has 42 heavy (non-hydrogen) atoms. The summed E-state index contributed by atoms with van der Waals surface area (Å²) in [6.45, 7) is 15.4. The number of amides is 3. The summed E-state index contributed by atoms with van der Waals surface area (Å²) in [5.41, 5.74) is 0.784. The number of ether oxygens (including phenoxy) is 2. The Morgan fingerprint density at radius 3 is 2.31 bits per heavy atom. The lowest BCUT2D eigenvalue weighted by molar-refractivity contribution is -0.142. The third kappa shape index (κ3) is 11.3. The van der Waals surface area contributed by atoms with Crippen LogP contribution in [0.15, 0.2) is 37.0 Å². The first-order valence-electron chi connectivity index (χ1n) is 15.2. The van der Waals surface area contributed by atoms with Crippen LogP contribution in [0.3, 0.4) is 0 Å². The van der Waals surface area contributed by atoms with Crippen LogP contribution in [0.4, 0.5) is 0 Å². The Balaban J connectivity index is 3.08. The van der Waals surface area contributed by atoms with Gasteiger partial charge in [0, 0.05) is 46.3 Å². The molecule has 7 atom stereocenters. The first-order valence-corrected chi connectivity index (χ1v) is 15.2. The van der Waals surface area contributed by atoms with Crippen molar-refractivity contribution in [1.82, 2.24) is 25.8 Å². The molecule has 1 aliphatic rings. The number of likely N-dealkylation sites (N-methyl/N-ethyl adjacent to an activating group) is 2. The van der Waals surface area contributed by atoms with Gasteiger partial charge in [-0.05, 0) is 45.5 Å². The van der Waals surface area contributed by atoms with Crippen molar-refractivity contribution in [2.45, 2.75) is 83.2 Å². The molecule has 0 radical (unpaired) electrons. The first-order chi connectivity index (χ1) is 20.0. The second-order valence-corrected chi connectivity index (χ2v) is 11.5. The second-order valence-electron chi connectivity index (χ2n) is 11.5. The Morgan fingerprint density at radius 2 is 1.79 bits per heavy atom. The van der Waals surface area contributed by atoms with Crippen LogP contribution >= 0.6 is 0 Å². The van der Waals surface area contributed by atoms with Gasteiger partial charge in [-0.25, -0.2) is 0 Å². The van der Waals surface area contributed by atoms with Gasteiger partial charge in [-0.1, -0.05) is 58.6 Å². The zero-order chi connectivity index (χ0) is 31.8. The predicted octanol–water partition coefficient (Wildman–Crippen LogP) is 2.52. The summed E-state index contributed by atoms with van der Waals surface area (Å²) in [5.74, 6) is -0.853. The highest BCUT2D eigenvalue weighted by Crippen LogP contribution is 2.28. The summed E-state index contributed by atoms with van der Waals surface area (Å²) >= 11 is 0. The number of likely N-dealkylation sites (tertiary alicyclic amines) is 1. The standard InChI is InChI=1S/C32H57N5O5/c1-11-15-24(13-3)20-25(32(40)34-17-19-36(7)8)35-31(39)23(5)30(42-10)26-16-14-18-37(26)28(38)21-27(41-9)29(33-6)22(4)12-2/h11,13,15,22-23,25-27,29-30,33H,1,3,12,14,16-21H2,2,4-10H3,(H,34,40)(H,35,39)/b24-15+. The first kappa shape index (κ1) is 37.5. The third-order valence-corrected chi connectivity index (χ3v) is 8.37. The Kier molecular flexibility index (Phi) is 17.5. The Hall–Kier alpha value is -2.53. The van der Waals surface area contributed by atoms with E-state index in [1.807, 2.05) is 30.9 Å². The fourth-order valence-corrected chi connectivity index (χ4v) is 5.67. The van der Waals surface area contributed by atoms with Crippen molar-refractivity contribution in [2.75, 3.05) is 55.0 Å². The van der Waals surface area contributed by atoms with Crippen molar-refractivity contribution in [2.24, 2.45) is 11.8 Å². The van der Waals surface area contributed by atoms with Gasteiger partial charge < -0.3 is 35.2 Å². The monoisotopic (exact) mass is 591 g/mol. The fraction of sp³-hybridized carbons (Fsp3) is 0.719. The van der Waals surface area contributed by atoms with E-state index in [2.05, 4.69) is 43.0 Å². The highest BCUT2D eigenvalue weighted by molar-refractivity contribution is 5.89. The van der Waals surface area contributed by atoms with E-state index in [0.717, 1.165) is 24.8 Å². The minimum atomic E-state index is -0.799. The summed E-state index contributed by atoms with van der Waals surface area (Å²) in [7, 11) is 8.97. The summed E-state index contributed by atoms with van der Waals surface area (Å²) in [4.78, 5) is 44.1.